The number of halogens is 1. The first-order chi connectivity index (χ1) is 10.6. The van der Waals surface area contributed by atoms with Gasteiger partial charge in [0.25, 0.3) is 10.0 Å². The summed E-state index contributed by atoms with van der Waals surface area (Å²) in [7, 11) is -6.90. The number of thiophene rings is 1. The van der Waals surface area contributed by atoms with Gasteiger partial charge in [-0.25, -0.2) is 16.8 Å². The molecule has 1 aliphatic rings. The van der Waals surface area contributed by atoms with E-state index in [1.54, 1.807) is 6.92 Å². The molecule has 1 fully saturated rings. The maximum atomic E-state index is 12.5. The van der Waals surface area contributed by atoms with Crippen molar-refractivity contribution in [3.63, 3.8) is 0 Å². The lowest BCUT2D eigenvalue weighted by molar-refractivity contribution is -0.121. The molecule has 1 amide bonds. The first-order valence-electron chi connectivity index (χ1n) is 6.89. The van der Waals surface area contributed by atoms with Gasteiger partial charge >= 0.3 is 0 Å². The number of carbonyl (C=O) groups excluding carboxylic acids is 1. The van der Waals surface area contributed by atoms with Crippen molar-refractivity contribution in [3.8, 4) is 0 Å². The molecular weight excluding hydrogens is 384 g/mol. The minimum absolute atomic E-state index is 0.0431. The molecule has 1 aliphatic heterocycles. The Morgan fingerprint density at radius 3 is 2.65 bits per heavy atom. The number of likely N-dealkylation sites (N-methyl/N-ethyl adjacent to an activating group) is 1. The Morgan fingerprint density at radius 2 is 2.17 bits per heavy atom. The lowest BCUT2D eigenvalue weighted by Crippen LogP contribution is -2.44. The highest BCUT2D eigenvalue weighted by Gasteiger charge is 2.31. The number of hydrogen-bond acceptors (Lipinski definition) is 6. The van der Waals surface area contributed by atoms with Gasteiger partial charge in [-0.05, 0) is 18.6 Å². The largest absolute Gasteiger partial charge is 0.351 e. The van der Waals surface area contributed by atoms with E-state index in [1.807, 2.05) is 0 Å². The van der Waals surface area contributed by atoms with Crippen molar-refractivity contribution < 1.29 is 21.6 Å². The summed E-state index contributed by atoms with van der Waals surface area (Å²) in [6.45, 7) is 1.39. The SMILES string of the molecule is CCN(CC(=O)N[C@H]1CCS(=O)(=O)C1)S(=O)(=O)c1ccc(Cl)s1. The first kappa shape index (κ1) is 18.7. The average Bonchev–Trinajstić information content (AvgIpc) is 3.02. The summed E-state index contributed by atoms with van der Waals surface area (Å²) >= 11 is 6.68. The molecule has 0 unspecified atom stereocenters. The van der Waals surface area contributed by atoms with Crippen molar-refractivity contribution in [2.75, 3.05) is 24.6 Å². The highest BCUT2D eigenvalue weighted by Crippen LogP contribution is 2.27. The summed E-state index contributed by atoms with van der Waals surface area (Å²) in [6, 6.07) is 2.42. The molecule has 1 aromatic heterocycles. The summed E-state index contributed by atoms with van der Waals surface area (Å²) in [4.78, 5) is 12.0. The smallest absolute Gasteiger partial charge is 0.253 e. The molecule has 1 N–H and O–H groups in total. The molecule has 0 saturated carbocycles. The number of nitrogens with zero attached hydrogens (tertiary/aromatic N) is 1. The van der Waals surface area contributed by atoms with Crippen molar-refractivity contribution >= 4 is 48.7 Å². The number of carbonyl (C=O) groups is 1. The number of rotatable bonds is 6. The Morgan fingerprint density at radius 1 is 1.48 bits per heavy atom. The van der Waals surface area contributed by atoms with Crippen LogP contribution < -0.4 is 5.32 Å². The molecule has 0 spiro atoms. The van der Waals surface area contributed by atoms with Gasteiger partial charge in [0.1, 0.15) is 4.21 Å². The Labute approximate surface area is 144 Å². The van der Waals surface area contributed by atoms with Crippen LogP contribution in [0, 0.1) is 0 Å². The van der Waals surface area contributed by atoms with Crippen LogP contribution >= 0.6 is 22.9 Å². The third kappa shape index (κ3) is 4.66. The molecule has 1 aromatic rings. The number of sulfone groups is 1. The van der Waals surface area contributed by atoms with Gasteiger partial charge in [0.05, 0.1) is 22.4 Å². The highest BCUT2D eigenvalue weighted by atomic mass is 35.5. The molecule has 7 nitrogen and oxygen atoms in total. The second-order valence-electron chi connectivity index (χ2n) is 5.16. The summed E-state index contributed by atoms with van der Waals surface area (Å²) in [5.41, 5.74) is 0. The number of hydrogen-bond donors (Lipinski definition) is 1. The third-order valence-corrected chi connectivity index (χ3v) is 8.80. The maximum Gasteiger partial charge on any atom is 0.253 e. The van der Waals surface area contributed by atoms with Crippen LogP contribution in [0.15, 0.2) is 16.3 Å². The monoisotopic (exact) mass is 400 g/mol. The maximum absolute atomic E-state index is 12.5. The van der Waals surface area contributed by atoms with Gasteiger partial charge in [-0.3, -0.25) is 4.79 Å². The van der Waals surface area contributed by atoms with Crippen LogP contribution in [0.25, 0.3) is 0 Å². The van der Waals surface area contributed by atoms with Crippen LogP contribution in [0.1, 0.15) is 13.3 Å². The fourth-order valence-electron chi connectivity index (χ4n) is 2.27. The van der Waals surface area contributed by atoms with Crippen LogP contribution in [0.5, 0.6) is 0 Å². The minimum Gasteiger partial charge on any atom is -0.351 e. The van der Waals surface area contributed by atoms with Crippen molar-refractivity contribution in [1.82, 2.24) is 9.62 Å². The fraction of sp³-hybridized carbons (Fsp3) is 0.583. The second kappa shape index (κ2) is 7.06. The topological polar surface area (TPSA) is 101 Å². The molecule has 0 aromatic carbocycles. The number of sulfonamides is 1. The summed E-state index contributed by atoms with van der Waals surface area (Å²) in [6.07, 6.45) is 0.355. The minimum atomic E-state index is -3.79. The summed E-state index contributed by atoms with van der Waals surface area (Å²) in [5.74, 6) is -0.570. The highest BCUT2D eigenvalue weighted by molar-refractivity contribution is 7.91. The molecule has 1 atom stereocenters. The second-order valence-corrected chi connectivity index (χ2v) is 11.3. The van der Waals surface area contributed by atoms with E-state index in [1.165, 1.54) is 12.1 Å². The Bertz CT molecular complexity index is 787. The van der Waals surface area contributed by atoms with E-state index in [0.717, 1.165) is 15.6 Å². The van der Waals surface area contributed by atoms with Gasteiger partial charge in [0.2, 0.25) is 5.91 Å². The molecule has 2 rings (SSSR count). The fourth-order valence-corrected chi connectivity index (χ4v) is 6.99. The lowest BCUT2D eigenvalue weighted by Gasteiger charge is -2.20. The van der Waals surface area contributed by atoms with Crippen LogP contribution in [0.3, 0.4) is 0 Å². The average molecular weight is 401 g/mol. The molecule has 0 aliphatic carbocycles. The third-order valence-electron chi connectivity index (χ3n) is 3.41. The Balaban J connectivity index is 2.03. The molecule has 11 heteroatoms. The molecule has 2 heterocycles. The zero-order chi connectivity index (χ0) is 17.3. The van der Waals surface area contributed by atoms with Crippen molar-refractivity contribution in [2.45, 2.75) is 23.6 Å². The normalized spacial score (nSPS) is 20.7. The number of amides is 1. The first-order valence-corrected chi connectivity index (χ1v) is 11.3. The summed E-state index contributed by atoms with van der Waals surface area (Å²) < 4.78 is 49.1. The van der Waals surface area contributed by atoms with E-state index in [4.69, 9.17) is 11.6 Å². The summed E-state index contributed by atoms with van der Waals surface area (Å²) in [5, 5.41) is 2.58. The molecule has 1 saturated heterocycles. The molecule has 0 radical (unpaired) electrons. The quantitative estimate of drug-likeness (QED) is 0.758. The van der Waals surface area contributed by atoms with Crippen LogP contribution in [0.4, 0.5) is 0 Å². The predicted octanol–water partition coefficient (Wildman–Crippen LogP) is 0.715. The molecule has 23 heavy (non-hydrogen) atoms. The van der Waals surface area contributed by atoms with Crippen molar-refractivity contribution in [3.05, 3.63) is 16.5 Å². The van der Waals surface area contributed by atoms with Crippen LogP contribution in [0.2, 0.25) is 4.34 Å². The zero-order valence-corrected chi connectivity index (χ0v) is 15.6. The van der Waals surface area contributed by atoms with Crippen molar-refractivity contribution in [1.29, 1.82) is 0 Å². The zero-order valence-electron chi connectivity index (χ0n) is 12.4. The van der Waals surface area contributed by atoms with Gasteiger partial charge < -0.3 is 5.32 Å². The van der Waals surface area contributed by atoms with Crippen LogP contribution in [-0.4, -0.2) is 57.7 Å². The van der Waals surface area contributed by atoms with E-state index in [9.17, 15) is 21.6 Å². The number of nitrogens with one attached hydrogen (secondary N) is 1. The lowest BCUT2D eigenvalue weighted by atomic mass is 10.2. The van der Waals surface area contributed by atoms with Gasteiger partial charge in [-0.1, -0.05) is 18.5 Å². The van der Waals surface area contributed by atoms with Crippen molar-refractivity contribution in [2.24, 2.45) is 0 Å². The van der Waals surface area contributed by atoms with E-state index in [2.05, 4.69) is 5.32 Å². The van der Waals surface area contributed by atoms with Gasteiger partial charge in [-0.2, -0.15) is 4.31 Å². The Hall–Kier alpha value is -0.680. The van der Waals surface area contributed by atoms with E-state index < -0.39 is 31.8 Å². The van der Waals surface area contributed by atoms with Gasteiger partial charge in [0, 0.05) is 12.6 Å². The van der Waals surface area contributed by atoms with E-state index >= 15 is 0 Å². The predicted molar refractivity (Wildman–Crippen MR) is 89.0 cm³/mol. The van der Waals surface area contributed by atoms with E-state index in [0.29, 0.717) is 10.8 Å². The Kier molecular flexibility index (Phi) is 5.72. The molecule has 0 bridgehead atoms. The van der Waals surface area contributed by atoms with E-state index in [-0.39, 0.29) is 28.8 Å². The van der Waals surface area contributed by atoms with Gasteiger partial charge in [-0.15, -0.1) is 11.3 Å². The van der Waals surface area contributed by atoms with Gasteiger partial charge in [0.15, 0.2) is 9.84 Å². The van der Waals surface area contributed by atoms with Crippen LogP contribution in [-0.2, 0) is 24.7 Å². The molecule has 130 valence electrons. The molecular formula is C12H17ClN2O5S3. The standard InChI is InChI=1S/C12H17ClN2O5S3/c1-2-15(23(19,20)12-4-3-10(13)21-12)7-11(16)14-9-5-6-22(17,18)8-9/h3-4,9H,2,5-8H2,1H3,(H,14,16)/t9-/m0/s1.